The highest BCUT2D eigenvalue weighted by molar-refractivity contribution is 5.92. The molecule has 6 nitrogen and oxygen atoms in total. The van der Waals surface area contributed by atoms with Crippen molar-refractivity contribution in [1.29, 1.82) is 0 Å². The predicted octanol–water partition coefficient (Wildman–Crippen LogP) is 2.27. The molecule has 2 heterocycles. The molecule has 1 saturated carbocycles. The minimum atomic E-state index is -0.255. The van der Waals surface area contributed by atoms with Gasteiger partial charge in [-0.1, -0.05) is 0 Å². The second kappa shape index (κ2) is 5.27. The van der Waals surface area contributed by atoms with Crippen LogP contribution < -0.4 is 5.32 Å². The van der Waals surface area contributed by atoms with Crippen molar-refractivity contribution in [3.63, 3.8) is 0 Å². The lowest BCUT2D eigenvalue weighted by Crippen LogP contribution is -2.31. The van der Waals surface area contributed by atoms with Crippen molar-refractivity contribution < 1.29 is 9.21 Å². The number of nitrogens with one attached hydrogen (secondary N) is 1. The average molecular weight is 286 g/mol. The topological polar surface area (TPSA) is 80.9 Å². The maximum Gasteiger partial charge on any atom is 0.289 e. The Hall–Kier alpha value is -2.24. The zero-order valence-electron chi connectivity index (χ0n) is 12.4. The number of carbonyl (C=O) groups excluding carboxylic acids is 1. The first-order chi connectivity index (χ1) is 10.0. The molecule has 6 heteroatoms. The Labute approximate surface area is 123 Å². The standard InChI is InChI=1S/C15H18N4O2/c1-8-6-7-16-14(17-8)12(11-4-5-11)19-15(20)13-9(2)18-10(3)21-13/h6-7,11-12H,4-5H2,1-3H3,(H,19,20)/t12-/m0/s1. The molecule has 21 heavy (non-hydrogen) atoms. The van der Waals surface area contributed by atoms with Crippen LogP contribution in [-0.2, 0) is 0 Å². The number of hydrogen-bond acceptors (Lipinski definition) is 5. The van der Waals surface area contributed by atoms with E-state index in [9.17, 15) is 4.79 Å². The Kier molecular flexibility index (Phi) is 3.45. The second-order valence-corrected chi connectivity index (χ2v) is 5.49. The Bertz CT molecular complexity index is 676. The van der Waals surface area contributed by atoms with Crippen molar-refractivity contribution in [3.8, 4) is 0 Å². The number of aryl methyl sites for hydroxylation is 3. The van der Waals surface area contributed by atoms with Crippen LogP contribution in [-0.4, -0.2) is 20.9 Å². The molecule has 0 spiro atoms. The minimum Gasteiger partial charge on any atom is -0.436 e. The van der Waals surface area contributed by atoms with E-state index in [0.29, 0.717) is 23.3 Å². The molecule has 1 N–H and O–H groups in total. The third-order valence-corrected chi connectivity index (χ3v) is 3.58. The summed E-state index contributed by atoms with van der Waals surface area (Å²) < 4.78 is 5.37. The normalized spacial score (nSPS) is 15.8. The number of carbonyl (C=O) groups is 1. The maximum absolute atomic E-state index is 12.4. The highest BCUT2D eigenvalue weighted by atomic mass is 16.4. The Balaban J connectivity index is 1.83. The van der Waals surface area contributed by atoms with Crippen molar-refractivity contribution in [1.82, 2.24) is 20.3 Å². The fourth-order valence-electron chi connectivity index (χ4n) is 2.39. The highest BCUT2D eigenvalue weighted by Crippen LogP contribution is 2.40. The van der Waals surface area contributed by atoms with E-state index < -0.39 is 0 Å². The number of oxazole rings is 1. The van der Waals surface area contributed by atoms with Gasteiger partial charge in [0.15, 0.2) is 11.7 Å². The zero-order chi connectivity index (χ0) is 15.0. The van der Waals surface area contributed by atoms with Crippen LogP contribution in [0.5, 0.6) is 0 Å². The molecule has 1 aliphatic rings. The SMILES string of the molecule is Cc1ccnc([C@@H](NC(=O)c2oc(C)nc2C)C2CC2)n1. The van der Waals surface area contributed by atoms with Gasteiger partial charge < -0.3 is 9.73 Å². The van der Waals surface area contributed by atoms with Crippen LogP contribution in [0.4, 0.5) is 0 Å². The van der Waals surface area contributed by atoms with Crippen molar-refractivity contribution in [3.05, 3.63) is 41.1 Å². The van der Waals surface area contributed by atoms with Gasteiger partial charge in [-0.15, -0.1) is 0 Å². The molecular formula is C15H18N4O2. The summed E-state index contributed by atoms with van der Waals surface area (Å²) in [5, 5.41) is 3.00. The minimum absolute atomic E-state index is 0.165. The van der Waals surface area contributed by atoms with Crippen LogP contribution in [0.15, 0.2) is 16.7 Å². The van der Waals surface area contributed by atoms with Crippen LogP contribution in [0.25, 0.3) is 0 Å². The summed E-state index contributed by atoms with van der Waals surface area (Å²) in [5.74, 6) is 1.58. The van der Waals surface area contributed by atoms with Crippen LogP contribution >= 0.6 is 0 Å². The quantitative estimate of drug-likeness (QED) is 0.932. The number of nitrogens with zero attached hydrogens (tertiary/aromatic N) is 3. The fourth-order valence-corrected chi connectivity index (χ4v) is 2.39. The van der Waals surface area contributed by atoms with E-state index in [4.69, 9.17) is 4.42 Å². The molecule has 1 amide bonds. The molecule has 2 aromatic heterocycles. The number of aromatic nitrogens is 3. The van der Waals surface area contributed by atoms with Gasteiger partial charge in [0.05, 0.1) is 11.7 Å². The van der Waals surface area contributed by atoms with Crippen LogP contribution in [0.3, 0.4) is 0 Å². The summed E-state index contributed by atoms with van der Waals surface area (Å²) in [5.41, 5.74) is 1.50. The van der Waals surface area contributed by atoms with Crippen molar-refractivity contribution in [2.75, 3.05) is 0 Å². The van der Waals surface area contributed by atoms with Gasteiger partial charge in [-0.25, -0.2) is 15.0 Å². The Morgan fingerprint density at radius 2 is 2.10 bits per heavy atom. The summed E-state index contributed by atoms with van der Waals surface area (Å²) in [7, 11) is 0. The Morgan fingerprint density at radius 3 is 2.67 bits per heavy atom. The van der Waals surface area contributed by atoms with Crippen LogP contribution in [0.1, 0.15) is 52.5 Å². The average Bonchev–Trinajstić information content (AvgIpc) is 3.21. The molecule has 2 aromatic rings. The number of amides is 1. The first-order valence-corrected chi connectivity index (χ1v) is 7.09. The maximum atomic E-state index is 12.4. The fraction of sp³-hybridized carbons (Fsp3) is 0.467. The van der Waals surface area contributed by atoms with E-state index in [2.05, 4.69) is 20.3 Å². The second-order valence-electron chi connectivity index (χ2n) is 5.49. The van der Waals surface area contributed by atoms with E-state index in [0.717, 1.165) is 18.5 Å². The largest absolute Gasteiger partial charge is 0.436 e. The number of rotatable bonds is 4. The lowest BCUT2D eigenvalue weighted by atomic mass is 10.1. The van der Waals surface area contributed by atoms with Gasteiger partial charge >= 0.3 is 0 Å². The summed E-state index contributed by atoms with van der Waals surface area (Å²) in [6.45, 7) is 5.41. The Morgan fingerprint density at radius 1 is 1.33 bits per heavy atom. The van der Waals surface area contributed by atoms with E-state index in [1.54, 1.807) is 20.0 Å². The van der Waals surface area contributed by atoms with Gasteiger partial charge in [0, 0.05) is 18.8 Å². The summed E-state index contributed by atoms with van der Waals surface area (Å²) >= 11 is 0. The van der Waals surface area contributed by atoms with Crippen LogP contribution in [0.2, 0.25) is 0 Å². The van der Waals surface area contributed by atoms with Crippen molar-refractivity contribution >= 4 is 5.91 Å². The van der Waals surface area contributed by atoms with Gasteiger partial charge in [0.2, 0.25) is 5.76 Å². The third-order valence-electron chi connectivity index (χ3n) is 3.58. The molecule has 0 bridgehead atoms. The molecule has 0 unspecified atom stereocenters. The van der Waals surface area contributed by atoms with Gasteiger partial charge in [0.25, 0.3) is 5.91 Å². The molecule has 1 fully saturated rings. The lowest BCUT2D eigenvalue weighted by molar-refractivity contribution is 0.0899. The smallest absolute Gasteiger partial charge is 0.289 e. The first kappa shape index (κ1) is 13.7. The molecule has 0 aromatic carbocycles. The van der Waals surface area contributed by atoms with Crippen LogP contribution in [0, 0.1) is 26.7 Å². The summed E-state index contributed by atoms with van der Waals surface area (Å²) in [6, 6.07) is 1.68. The van der Waals surface area contributed by atoms with E-state index in [1.807, 2.05) is 13.0 Å². The van der Waals surface area contributed by atoms with E-state index in [-0.39, 0.29) is 17.7 Å². The number of hydrogen-bond donors (Lipinski definition) is 1. The molecule has 1 atom stereocenters. The van der Waals surface area contributed by atoms with E-state index in [1.165, 1.54) is 0 Å². The van der Waals surface area contributed by atoms with Crippen molar-refractivity contribution in [2.24, 2.45) is 5.92 Å². The highest BCUT2D eigenvalue weighted by Gasteiger charge is 2.36. The summed E-state index contributed by atoms with van der Waals surface area (Å²) in [6.07, 6.45) is 3.89. The van der Waals surface area contributed by atoms with Crippen molar-refractivity contribution in [2.45, 2.75) is 39.7 Å². The van der Waals surface area contributed by atoms with Gasteiger partial charge in [-0.05, 0) is 38.7 Å². The first-order valence-electron chi connectivity index (χ1n) is 7.09. The monoisotopic (exact) mass is 286 g/mol. The molecule has 0 aliphatic heterocycles. The summed E-state index contributed by atoms with van der Waals surface area (Å²) in [4.78, 5) is 25.2. The molecule has 110 valence electrons. The third kappa shape index (κ3) is 2.94. The van der Waals surface area contributed by atoms with Gasteiger partial charge in [-0.2, -0.15) is 0 Å². The molecule has 3 rings (SSSR count). The molecule has 0 saturated heterocycles. The van der Waals surface area contributed by atoms with E-state index >= 15 is 0 Å². The zero-order valence-corrected chi connectivity index (χ0v) is 12.4. The van der Waals surface area contributed by atoms with Gasteiger partial charge in [0.1, 0.15) is 0 Å². The lowest BCUT2D eigenvalue weighted by Gasteiger charge is -2.16. The van der Waals surface area contributed by atoms with Gasteiger partial charge in [-0.3, -0.25) is 4.79 Å². The predicted molar refractivity (Wildman–Crippen MR) is 75.7 cm³/mol. The molecule has 0 radical (unpaired) electrons. The molecular weight excluding hydrogens is 268 g/mol. The molecule has 1 aliphatic carbocycles.